The lowest BCUT2D eigenvalue weighted by Gasteiger charge is -2.36. The minimum atomic E-state index is -0.461. The Morgan fingerprint density at radius 3 is 2.61 bits per heavy atom. The molecule has 1 N–H and O–H groups in total. The van der Waals surface area contributed by atoms with Crippen molar-refractivity contribution in [2.75, 3.05) is 13.2 Å². The van der Waals surface area contributed by atoms with Gasteiger partial charge in [0.05, 0.1) is 19.3 Å². The molecule has 18 heavy (non-hydrogen) atoms. The van der Waals surface area contributed by atoms with Gasteiger partial charge in [-0.1, -0.05) is 23.7 Å². The molecule has 1 heterocycles. The van der Waals surface area contributed by atoms with Crippen LogP contribution in [0, 0.1) is 0 Å². The van der Waals surface area contributed by atoms with E-state index < -0.39 is 5.79 Å². The van der Waals surface area contributed by atoms with Crippen molar-refractivity contribution in [2.45, 2.75) is 38.6 Å². The van der Waals surface area contributed by atoms with Gasteiger partial charge in [-0.3, -0.25) is 0 Å². The molecule has 0 bridgehead atoms. The normalized spacial score (nSPS) is 21.8. The maximum Gasteiger partial charge on any atom is 0.162 e. The highest BCUT2D eigenvalue weighted by molar-refractivity contribution is 6.30. The van der Waals surface area contributed by atoms with Gasteiger partial charge in [-0.15, -0.1) is 0 Å². The monoisotopic (exact) mass is 269 g/mol. The Hall–Kier alpha value is -0.610. The summed E-state index contributed by atoms with van der Waals surface area (Å²) in [5.41, 5.74) is 1.17. The van der Waals surface area contributed by atoms with Gasteiger partial charge >= 0.3 is 0 Å². The van der Waals surface area contributed by atoms with E-state index in [2.05, 4.69) is 18.3 Å². The second kappa shape index (κ2) is 5.57. The molecule has 1 fully saturated rings. The Bertz CT molecular complexity index is 399. The van der Waals surface area contributed by atoms with Crippen LogP contribution in [0.3, 0.4) is 0 Å². The average Bonchev–Trinajstić information content (AvgIpc) is 2.32. The Morgan fingerprint density at radius 2 is 2.00 bits per heavy atom. The van der Waals surface area contributed by atoms with Crippen LogP contribution in [0.5, 0.6) is 0 Å². The van der Waals surface area contributed by atoms with E-state index in [1.807, 2.05) is 32.0 Å². The smallest absolute Gasteiger partial charge is 0.162 e. The predicted molar refractivity (Wildman–Crippen MR) is 72.8 cm³/mol. The molecule has 2 rings (SSSR count). The van der Waals surface area contributed by atoms with E-state index in [0.717, 1.165) is 5.02 Å². The van der Waals surface area contributed by atoms with Crippen LogP contribution < -0.4 is 5.32 Å². The number of hydrogen-bond donors (Lipinski definition) is 1. The van der Waals surface area contributed by atoms with E-state index in [-0.39, 0.29) is 12.1 Å². The molecule has 1 unspecified atom stereocenters. The molecule has 1 aliphatic rings. The van der Waals surface area contributed by atoms with Crippen LogP contribution in [-0.4, -0.2) is 25.0 Å². The summed E-state index contributed by atoms with van der Waals surface area (Å²) in [6.45, 7) is 7.31. The van der Waals surface area contributed by atoms with Crippen LogP contribution in [0.2, 0.25) is 5.02 Å². The zero-order chi connectivity index (χ0) is 13.2. The van der Waals surface area contributed by atoms with Crippen LogP contribution in [-0.2, 0) is 9.47 Å². The molecule has 0 aliphatic carbocycles. The molecule has 0 saturated carbocycles. The quantitative estimate of drug-likeness (QED) is 0.914. The van der Waals surface area contributed by atoms with Gasteiger partial charge in [0.1, 0.15) is 0 Å². The van der Waals surface area contributed by atoms with Crippen LogP contribution >= 0.6 is 11.6 Å². The molecular formula is C14H20ClNO2. The summed E-state index contributed by atoms with van der Waals surface area (Å²) in [6, 6.07) is 8.33. The van der Waals surface area contributed by atoms with Crippen molar-refractivity contribution in [3.8, 4) is 0 Å². The third kappa shape index (κ3) is 3.69. The van der Waals surface area contributed by atoms with Crippen molar-refractivity contribution in [2.24, 2.45) is 0 Å². The summed E-state index contributed by atoms with van der Waals surface area (Å²) < 4.78 is 11.3. The summed E-state index contributed by atoms with van der Waals surface area (Å²) in [6.07, 6.45) is 0. The van der Waals surface area contributed by atoms with Gasteiger partial charge in [0.15, 0.2) is 5.79 Å². The summed E-state index contributed by atoms with van der Waals surface area (Å²) in [4.78, 5) is 0. The molecular weight excluding hydrogens is 250 g/mol. The van der Waals surface area contributed by atoms with Crippen LogP contribution in [0.1, 0.15) is 32.4 Å². The van der Waals surface area contributed by atoms with E-state index >= 15 is 0 Å². The first-order chi connectivity index (χ1) is 8.46. The predicted octanol–water partition coefficient (Wildman–Crippen LogP) is 3.14. The molecule has 1 aromatic carbocycles. The van der Waals surface area contributed by atoms with Crippen LogP contribution in [0.15, 0.2) is 24.3 Å². The average molecular weight is 270 g/mol. The fourth-order valence-corrected chi connectivity index (χ4v) is 2.21. The van der Waals surface area contributed by atoms with Gasteiger partial charge in [-0.2, -0.15) is 0 Å². The van der Waals surface area contributed by atoms with E-state index in [4.69, 9.17) is 21.1 Å². The highest BCUT2D eigenvalue weighted by Gasteiger charge is 2.28. The summed E-state index contributed by atoms with van der Waals surface area (Å²) in [7, 11) is 0. The number of hydrogen-bond acceptors (Lipinski definition) is 3. The van der Waals surface area contributed by atoms with E-state index in [1.165, 1.54) is 5.56 Å². The zero-order valence-electron chi connectivity index (χ0n) is 11.1. The topological polar surface area (TPSA) is 30.5 Å². The Morgan fingerprint density at radius 1 is 1.33 bits per heavy atom. The number of halogens is 1. The second-order valence-corrected chi connectivity index (χ2v) is 5.60. The number of rotatable bonds is 3. The minimum Gasteiger partial charge on any atom is -0.349 e. The Balaban J connectivity index is 1.90. The lowest BCUT2D eigenvalue weighted by atomic mass is 10.1. The molecule has 3 nitrogen and oxygen atoms in total. The third-order valence-electron chi connectivity index (χ3n) is 3.10. The van der Waals surface area contributed by atoms with Crippen molar-refractivity contribution >= 4 is 11.6 Å². The van der Waals surface area contributed by atoms with Crippen LogP contribution in [0.4, 0.5) is 0 Å². The zero-order valence-corrected chi connectivity index (χ0v) is 11.8. The largest absolute Gasteiger partial charge is 0.349 e. The molecule has 1 aliphatic heterocycles. The molecule has 100 valence electrons. The molecule has 0 amide bonds. The lowest BCUT2D eigenvalue weighted by molar-refractivity contribution is -0.253. The first kappa shape index (κ1) is 13.8. The van der Waals surface area contributed by atoms with Crippen molar-refractivity contribution in [1.82, 2.24) is 5.32 Å². The number of ether oxygens (including phenoxy) is 2. The molecule has 0 aromatic heterocycles. The van der Waals surface area contributed by atoms with Gasteiger partial charge in [0.25, 0.3) is 0 Å². The fraction of sp³-hybridized carbons (Fsp3) is 0.571. The SMILES string of the molecule is CC(NC1COC(C)(C)OC1)c1cccc(Cl)c1. The number of nitrogens with one attached hydrogen (secondary N) is 1. The van der Waals surface area contributed by atoms with Crippen molar-refractivity contribution < 1.29 is 9.47 Å². The Labute approximate surface area is 113 Å². The number of benzene rings is 1. The summed E-state index contributed by atoms with van der Waals surface area (Å²) in [5.74, 6) is -0.461. The highest BCUT2D eigenvalue weighted by atomic mass is 35.5. The van der Waals surface area contributed by atoms with Crippen molar-refractivity contribution in [3.63, 3.8) is 0 Å². The third-order valence-corrected chi connectivity index (χ3v) is 3.33. The summed E-state index contributed by atoms with van der Waals surface area (Å²) >= 11 is 5.99. The molecule has 1 saturated heterocycles. The van der Waals surface area contributed by atoms with Gasteiger partial charge in [0, 0.05) is 11.1 Å². The molecule has 1 atom stereocenters. The van der Waals surface area contributed by atoms with Crippen molar-refractivity contribution in [1.29, 1.82) is 0 Å². The molecule has 0 radical (unpaired) electrons. The van der Waals surface area contributed by atoms with Gasteiger partial charge in [-0.25, -0.2) is 0 Å². The van der Waals surface area contributed by atoms with Crippen LogP contribution in [0.25, 0.3) is 0 Å². The minimum absolute atomic E-state index is 0.215. The first-order valence-corrected chi connectivity index (χ1v) is 6.63. The maximum atomic E-state index is 5.99. The van der Waals surface area contributed by atoms with E-state index in [9.17, 15) is 0 Å². The van der Waals surface area contributed by atoms with E-state index in [1.54, 1.807) is 0 Å². The van der Waals surface area contributed by atoms with Gasteiger partial charge in [-0.05, 0) is 38.5 Å². The van der Waals surface area contributed by atoms with E-state index in [0.29, 0.717) is 13.2 Å². The van der Waals surface area contributed by atoms with Crippen molar-refractivity contribution in [3.05, 3.63) is 34.9 Å². The summed E-state index contributed by atoms with van der Waals surface area (Å²) in [5, 5.41) is 4.25. The standard InChI is InChI=1S/C14H20ClNO2/c1-10(11-5-4-6-12(15)7-11)16-13-8-17-14(2,3)18-9-13/h4-7,10,13,16H,8-9H2,1-3H3. The highest BCUT2D eigenvalue weighted by Crippen LogP contribution is 2.21. The molecule has 1 aromatic rings. The second-order valence-electron chi connectivity index (χ2n) is 5.16. The Kier molecular flexibility index (Phi) is 4.28. The lowest BCUT2D eigenvalue weighted by Crippen LogP contribution is -2.49. The first-order valence-electron chi connectivity index (χ1n) is 6.26. The van der Waals surface area contributed by atoms with Gasteiger partial charge in [0.2, 0.25) is 0 Å². The van der Waals surface area contributed by atoms with Gasteiger partial charge < -0.3 is 14.8 Å². The molecule has 0 spiro atoms. The molecule has 4 heteroatoms. The fourth-order valence-electron chi connectivity index (χ4n) is 2.01. The maximum absolute atomic E-state index is 5.99.